The predicted octanol–water partition coefficient (Wildman–Crippen LogP) is 3.76. The second-order valence-corrected chi connectivity index (χ2v) is 4.91. The third-order valence-corrected chi connectivity index (χ3v) is 3.02. The monoisotopic (exact) mass is 289 g/mol. The van der Waals surface area contributed by atoms with Crippen LogP contribution in [0.5, 0.6) is 0 Å². The summed E-state index contributed by atoms with van der Waals surface area (Å²) in [7, 11) is 0. The Morgan fingerprint density at radius 2 is 1.80 bits per heavy atom. The fraction of sp³-hybridized carbons (Fsp3) is 0.133. The van der Waals surface area contributed by atoms with Crippen molar-refractivity contribution in [2.45, 2.75) is 13.8 Å². The van der Waals surface area contributed by atoms with Crippen molar-refractivity contribution in [1.82, 2.24) is 5.43 Å². The number of hydrazine groups is 1. The van der Waals surface area contributed by atoms with Gasteiger partial charge in [-0.15, -0.1) is 0 Å². The highest BCUT2D eigenvalue weighted by molar-refractivity contribution is 7.80. The maximum absolute atomic E-state index is 13.5. The molecule has 5 heteroatoms. The lowest BCUT2D eigenvalue weighted by atomic mass is 10.1. The molecule has 0 saturated carbocycles. The van der Waals surface area contributed by atoms with Gasteiger partial charge < -0.3 is 5.32 Å². The maximum Gasteiger partial charge on any atom is 0.189 e. The highest BCUT2D eigenvalue weighted by Gasteiger charge is 2.03. The summed E-state index contributed by atoms with van der Waals surface area (Å²) in [5.41, 5.74) is 9.40. The third-order valence-electron chi connectivity index (χ3n) is 2.81. The molecule has 0 unspecified atom stereocenters. The number of halogens is 1. The van der Waals surface area contributed by atoms with Gasteiger partial charge in [-0.25, -0.2) is 4.39 Å². The van der Waals surface area contributed by atoms with Crippen LogP contribution in [0.3, 0.4) is 0 Å². The van der Waals surface area contributed by atoms with E-state index in [9.17, 15) is 4.39 Å². The minimum absolute atomic E-state index is 0.301. The number of rotatable bonds is 3. The molecule has 2 aromatic carbocycles. The first-order valence-corrected chi connectivity index (χ1v) is 6.62. The quantitative estimate of drug-likeness (QED) is 0.594. The van der Waals surface area contributed by atoms with Gasteiger partial charge in [0.2, 0.25) is 0 Å². The number of hydrogen-bond acceptors (Lipinski definition) is 2. The molecule has 104 valence electrons. The Morgan fingerprint density at radius 3 is 2.50 bits per heavy atom. The van der Waals surface area contributed by atoms with E-state index >= 15 is 0 Å². The summed E-state index contributed by atoms with van der Waals surface area (Å²) >= 11 is 5.11. The van der Waals surface area contributed by atoms with Gasteiger partial charge in [0, 0.05) is 0 Å². The molecule has 0 radical (unpaired) electrons. The average molecular weight is 289 g/mol. The Bertz CT molecular complexity index is 628. The standard InChI is InChI=1S/C15H16FN3S/c1-10-7-8-13(11(2)9-10)18-19-15(20)17-14-6-4-3-5-12(14)16/h3-9,18H,1-2H3,(H2,17,19,20). The molecule has 0 heterocycles. The molecule has 0 spiro atoms. The second kappa shape index (κ2) is 6.34. The predicted molar refractivity (Wildman–Crippen MR) is 85.3 cm³/mol. The number of nitrogens with one attached hydrogen (secondary N) is 3. The number of thiocarbonyl (C=S) groups is 1. The molecule has 0 atom stereocenters. The lowest BCUT2D eigenvalue weighted by Crippen LogP contribution is -2.33. The molecule has 0 aliphatic carbocycles. The largest absolute Gasteiger partial charge is 0.329 e. The highest BCUT2D eigenvalue weighted by atomic mass is 32.1. The van der Waals surface area contributed by atoms with Crippen LogP contribution in [-0.2, 0) is 0 Å². The van der Waals surface area contributed by atoms with E-state index in [1.165, 1.54) is 11.6 Å². The molecule has 0 aromatic heterocycles. The van der Waals surface area contributed by atoms with Crippen LogP contribution in [0.25, 0.3) is 0 Å². The summed E-state index contributed by atoms with van der Waals surface area (Å²) in [5.74, 6) is -0.344. The van der Waals surface area contributed by atoms with E-state index in [0.29, 0.717) is 10.8 Å². The number of hydrogen-bond donors (Lipinski definition) is 3. The summed E-state index contributed by atoms with van der Waals surface area (Å²) in [6, 6.07) is 12.4. The molecule has 0 aliphatic heterocycles. The van der Waals surface area contributed by atoms with Gasteiger partial charge in [0.25, 0.3) is 0 Å². The Labute approximate surface area is 123 Å². The molecule has 0 aliphatic rings. The van der Waals surface area contributed by atoms with Gasteiger partial charge >= 0.3 is 0 Å². The van der Waals surface area contributed by atoms with Gasteiger partial charge in [-0.3, -0.25) is 10.9 Å². The smallest absolute Gasteiger partial charge is 0.189 e. The average Bonchev–Trinajstić information content (AvgIpc) is 2.40. The Morgan fingerprint density at radius 1 is 1.05 bits per heavy atom. The topological polar surface area (TPSA) is 36.1 Å². The van der Waals surface area contributed by atoms with Crippen LogP contribution in [-0.4, -0.2) is 5.11 Å². The minimum atomic E-state index is -0.344. The Hall–Kier alpha value is -2.14. The van der Waals surface area contributed by atoms with Gasteiger partial charge in [0.15, 0.2) is 5.11 Å². The molecule has 2 rings (SSSR count). The fourth-order valence-electron chi connectivity index (χ4n) is 1.79. The summed E-state index contributed by atoms with van der Waals surface area (Å²) in [6.07, 6.45) is 0. The van der Waals surface area contributed by atoms with E-state index in [0.717, 1.165) is 11.3 Å². The normalized spacial score (nSPS) is 9.95. The van der Waals surface area contributed by atoms with Crippen molar-refractivity contribution in [2.24, 2.45) is 0 Å². The van der Waals surface area contributed by atoms with Crippen LogP contribution in [0.15, 0.2) is 42.5 Å². The molecule has 0 amide bonds. The molecule has 0 fully saturated rings. The zero-order valence-electron chi connectivity index (χ0n) is 11.3. The van der Waals surface area contributed by atoms with Gasteiger partial charge in [0.05, 0.1) is 11.4 Å². The molecule has 2 aromatic rings. The second-order valence-electron chi connectivity index (χ2n) is 4.50. The number of para-hydroxylation sites is 1. The van der Waals surface area contributed by atoms with Crippen molar-refractivity contribution in [2.75, 3.05) is 10.7 Å². The highest BCUT2D eigenvalue weighted by Crippen LogP contribution is 2.15. The third kappa shape index (κ3) is 3.68. The minimum Gasteiger partial charge on any atom is -0.329 e. The SMILES string of the molecule is Cc1ccc(NNC(=S)Nc2ccccc2F)c(C)c1. The van der Waals surface area contributed by atoms with Crippen LogP contribution in [0.2, 0.25) is 0 Å². The van der Waals surface area contributed by atoms with Crippen molar-refractivity contribution < 1.29 is 4.39 Å². The molecule has 20 heavy (non-hydrogen) atoms. The van der Waals surface area contributed by atoms with Gasteiger partial charge in [-0.05, 0) is 49.8 Å². The lowest BCUT2D eigenvalue weighted by molar-refractivity contribution is 0.632. The Kier molecular flexibility index (Phi) is 4.53. The first-order valence-electron chi connectivity index (χ1n) is 6.21. The van der Waals surface area contributed by atoms with E-state index in [-0.39, 0.29) is 5.82 Å². The summed E-state index contributed by atoms with van der Waals surface area (Å²) < 4.78 is 13.5. The van der Waals surface area contributed by atoms with Crippen molar-refractivity contribution in [1.29, 1.82) is 0 Å². The summed E-state index contributed by atoms with van der Waals surface area (Å²) in [5, 5.41) is 3.10. The zero-order valence-corrected chi connectivity index (χ0v) is 12.1. The van der Waals surface area contributed by atoms with Crippen LogP contribution in [0.1, 0.15) is 11.1 Å². The van der Waals surface area contributed by atoms with E-state index in [1.54, 1.807) is 18.2 Å². The van der Waals surface area contributed by atoms with Crippen molar-refractivity contribution in [3.8, 4) is 0 Å². The van der Waals surface area contributed by atoms with Crippen LogP contribution in [0.4, 0.5) is 15.8 Å². The molecule has 0 saturated heterocycles. The molecule has 3 N–H and O–H groups in total. The van der Waals surface area contributed by atoms with Gasteiger partial charge in [-0.2, -0.15) is 0 Å². The van der Waals surface area contributed by atoms with Crippen LogP contribution in [0, 0.1) is 19.7 Å². The van der Waals surface area contributed by atoms with E-state index in [1.807, 2.05) is 26.0 Å². The number of benzene rings is 2. The zero-order chi connectivity index (χ0) is 14.5. The first kappa shape index (κ1) is 14.3. The van der Waals surface area contributed by atoms with E-state index in [4.69, 9.17) is 12.2 Å². The number of anilines is 2. The van der Waals surface area contributed by atoms with E-state index < -0.39 is 0 Å². The Balaban J connectivity index is 1.94. The van der Waals surface area contributed by atoms with Gasteiger partial charge in [-0.1, -0.05) is 29.8 Å². The molecule has 3 nitrogen and oxygen atoms in total. The maximum atomic E-state index is 13.5. The van der Waals surface area contributed by atoms with Gasteiger partial charge in [0.1, 0.15) is 5.82 Å². The van der Waals surface area contributed by atoms with Crippen molar-refractivity contribution in [3.05, 3.63) is 59.4 Å². The van der Waals surface area contributed by atoms with E-state index in [2.05, 4.69) is 22.2 Å². The molecular weight excluding hydrogens is 273 g/mol. The fourth-order valence-corrected chi connectivity index (χ4v) is 1.96. The summed E-state index contributed by atoms with van der Waals surface area (Å²) in [6.45, 7) is 4.04. The number of aryl methyl sites for hydroxylation is 2. The van der Waals surface area contributed by atoms with Crippen molar-refractivity contribution >= 4 is 28.7 Å². The lowest BCUT2D eigenvalue weighted by Gasteiger charge is -2.14. The van der Waals surface area contributed by atoms with Crippen LogP contribution < -0.4 is 16.2 Å². The molecule has 0 bridgehead atoms. The van der Waals surface area contributed by atoms with Crippen molar-refractivity contribution in [3.63, 3.8) is 0 Å². The first-order chi connectivity index (χ1) is 9.56. The summed E-state index contributed by atoms with van der Waals surface area (Å²) in [4.78, 5) is 0. The molecular formula is C15H16FN3S. The van der Waals surface area contributed by atoms with Crippen LogP contribution >= 0.6 is 12.2 Å².